The Balaban J connectivity index is 1.57. The average Bonchev–Trinajstić information content (AvgIpc) is 2.99. The Kier molecular flexibility index (Phi) is 11.1. The number of hydrogen-bond donors (Lipinski definition) is 0. The van der Waals surface area contributed by atoms with Gasteiger partial charge in [0.15, 0.2) is 0 Å². The van der Waals surface area contributed by atoms with Gasteiger partial charge in [0.2, 0.25) is 0 Å². The second-order valence-corrected chi connectivity index (χ2v) is 11.3. The summed E-state index contributed by atoms with van der Waals surface area (Å²) in [4.78, 5) is 2.64. The van der Waals surface area contributed by atoms with Gasteiger partial charge in [0, 0.05) is 11.4 Å². The Bertz CT molecular complexity index is 1180. The first-order chi connectivity index (χ1) is 19.1. The lowest BCUT2D eigenvalue weighted by atomic mass is 9.84. The van der Waals surface area contributed by atoms with E-state index in [1.807, 2.05) is 0 Å². The Morgan fingerprint density at radius 1 is 0.974 bits per heavy atom. The molecule has 0 radical (unpaired) electrons. The summed E-state index contributed by atoms with van der Waals surface area (Å²) in [6.07, 6.45) is 27.7. The highest BCUT2D eigenvalue weighted by Crippen LogP contribution is 2.37. The quantitative estimate of drug-likeness (QED) is 0.199. The fourth-order valence-corrected chi connectivity index (χ4v) is 6.13. The monoisotopic (exact) mass is 519 g/mol. The predicted octanol–water partition coefficient (Wildman–Crippen LogP) is 11.2. The molecule has 2 aromatic rings. The van der Waals surface area contributed by atoms with E-state index >= 15 is 0 Å². The second kappa shape index (κ2) is 14.9. The molecule has 2 aliphatic rings. The number of allylic oxidation sites excluding steroid dienone is 8. The molecule has 0 aliphatic heterocycles. The van der Waals surface area contributed by atoms with Crippen LogP contribution in [-0.2, 0) is 0 Å². The molecule has 0 saturated carbocycles. The maximum Gasteiger partial charge on any atom is 0.0556 e. The molecule has 1 heteroatoms. The van der Waals surface area contributed by atoms with Crippen molar-refractivity contribution in [2.45, 2.75) is 91.5 Å². The summed E-state index contributed by atoms with van der Waals surface area (Å²) in [5, 5.41) is 0. The Morgan fingerprint density at radius 3 is 2.36 bits per heavy atom. The van der Waals surface area contributed by atoms with E-state index < -0.39 is 0 Å². The van der Waals surface area contributed by atoms with Crippen LogP contribution in [0.15, 0.2) is 114 Å². The minimum absolute atomic E-state index is 0.361. The molecule has 2 aromatic carbocycles. The van der Waals surface area contributed by atoms with Gasteiger partial charge in [-0.25, -0.2) is 0 Å². The van der Waals surface area contributed by atoms with Crippen LogP contribution >= 0.6 is 0 Å². The lowest BCUT2D eigenvalue weighted by Crippen LogP contribution is -2.35. The maximum absolute atomic E-state index is 2.64. The third-order valence-corrected chi connectivity index (χ3v) is 8.67. The summed E-state index contributed by atoms with van der Waals surface area (Å²) in [6.45, 7) is 9.08. The van der Waals surface area contributed by atoms with Crippen LogP contribution < -0.4 is 4.90 Å². The van der Waals surface area contributed by atoms with Crippen molar-refractivity contribution in [3.63, 3.8) is 0 Å². The van der Waals surface area contributed by atoms with Crippen molar-refractivity contribution in [3.8, 4) is 11.1 Å². The van der Waals surface area contributed by atoms with Crippen molar-refractivity contribution in [2.24, 2.45) is 11.8 Å². The topological polar surface area (TPSA) is 3.24 Å². The lowest BCUT2D eigenvalue weighted by Gasteiger charge is -2.38. The van der Waals surface area contributed by atoms with Crippen LogP contribution in [-0.4, -0.2) is 6.04 Å². The number of anilines is 1. The molecule has 0 fully saturated rings. The van der Waals surface area contributed by atoms with E-state index in [4.69, 9.17) is 0 Å². The number of unbranched alkanes of at least 4 members (excludes halogenated alkanes) is 2. The van der Waals surface area contributed by atoms with Gasteiger partial charge in [0.05, 0.1) is 6.04 Å². The molecule has 2 aliphatic carbocycles. The predicted molar refractivity (Wildman–Crippen MR) is 172 cm³/mol. The summed E-state index contributed by atoms with van der Waals surface area (Å²) in [7, 11) is 0. The van der Waals surface area contributed by atoms with Gasteiger partial charge in [0.1, 0.15) is 0 Å². The largest absolute Gasteiger partial charge is 0.338 e. The highest BCUT2D eigenvalue weighted by atomic mass is 15.2. The Hall–Kier alpha value is -3.06. The number of rotatable bonds is 12. The van der Waals surface area contributed by atoms with Crippen LogP contribution in [0, 0.1) is 11.8 Å². The van der Waals surface area contributed by atoms with Crippen LogP contribution in [0.25, 0.3) is 11.1 Å². The number of benzene rings is 2. The lowest BCUT2D eigenvalue weighted by molar-refractivity contribution is 0.520. The van der Waals surface area contributed by atoms with Gasteiger partial charge >= 0.3 is 0 Å². The van der Waals surface area contributed by atoms with Crippen molar-refractivity contribution in [1.29, 1.82) is 0 Å². The normalized spacial score (nSPS) is 20.6. The SMILES string of the molecule is C/C=C\CC(CC)C1=CCC(N(C2=CCC(/C(C)=C/CCCC)CC2)c2ccc(-c3ccccc3)cc2)C=C1. The first kappa shape index (κ1) is 28.9. The highest BCUT2D eigenvalue weighted by molar-refractivity contribution is 5.67. The van der Waals surface area contributed by atoms with Crippen molar-refractivity contribution >= 4 is 5.69 Å². The standard InChI is InChI=1S/C38H49N/c1-5-8-11-14-30(4)32-18-24-36(25-19-32)39(37-26-20-34(21-27-37)31(7-3)15-9-6-2)38-28-22-35(23-29-38)33-16-12-10-13-17-33/h6,9-10,12-14,16-17,20-24,26,28-29,31-32,37H,5,7-8,11,15,18-19,25,27H2,1-4H3/b9-6-,30-14+. The van der Waals surface area contributed by atoms with Crippen LogP contribution in [0.3, 0.4) is 0 Å². The fraction of sp³-hybridized carbons (Fsp3) is 0.421. The van der Waals surface area contributed by atoms with Gasteiger partial charge < -0.3 is 4.90 Å². The first-order valence-corrected chi connectivity index (χ1v) is 15.4. The van der Waals surface area contributed by atoms with E-state index in [0.717, 1.165) is 25.7 Å². The third-order valence-electron chi connectivity index (χ3n) is 8.67. The number of nitrogens with zero attached hydrogens (tertiary/aromatic N) is 1. The van der Waals surface area contributed by atoms with E-state index in [2.05, 4.69) is 130 Å². The highest BCUT2D eigenvalue weighted by Gasteiger charge is 2.26. The van der Waals surface area contributed by atoms with Crippen molar-refractivity contribution in [1.82, 2.24) is 0 Å². The maximum atomic E-state index is 2.64. The molecule has 1 nitrogen and oxygen atoms in total. The molecule has 39 heavy (non-hydrogen) atoms. The molecule has 0 spiro atoms. The van der Waals surface area contributed by atoms with E-state index in [9.17, 15) is 0 Å². The minimum atomic E-state index is 0.361. The average molecular weight is 520 g/mol. The summed E-state index contributed by atoms with van der Waals surface area (Å²) in [5.41, 5.74) is 8.46. The van der Waals surface area contributed by atoms with Gasteiger partial charge in [-0.15, -0.1) is 0 Å². The van der Waals surface area contributed by atoms with E-state index in [-0.39, 0.29) is 0 Å². The molecule has 0 aromatic heterocycles. The molecule has 4 rings (SSSR count). The van der Waals surface area contributed by atoms with Crippen LogP contribution in [0.1, 0.15) is 85.5 Å². The Morgan fingerprint density at radius 2 is 1.74 bits per heavy atom. The van der Waals surface area contributed by atoms with Crippen molar-refractivity contribution in [3.05, 3.63) is 114 Å². The van der Waals surface area contributed by atoms with Crippen molar-refractivity contribution < 1.29 is 0 Å². The molecular formula is C38H49N. The van der Waals surface area contributed by atoms with Gasteiger partial charge in [-0.3, -0.25) is 0 Å². The summed E-state index contributed by atoms with van der Waals surface area (Å²) in [6, 6.07) is 20.3. The molecule has 3 unspecified atom stereocenters. The summed E-state index contributed by atoms with van der Waals surface area (Å²) in [5.74, 6) is 1.31. The van der Waals surface area contributed by atoms with Gasteiger partial charge in [0.25, 0.3) is 0 Å². The number of hydrogen-bond acceptors (Lipinski definition) is 1. The molecule has 3 atom stereocenters. The molecule has 0 amide bonds. The molecule has 206 valence electrons. The van der Waals surface area contributed by atoms with E-state index in [0.29, 0.717) is 17.9 Å². The molecule has 0 bridgehead atoms. The third kappa shape index (κ3) is 7.75. The van der Waals surface area contributed by atoms with Crippen LogP contribution in [0.2, 0.25) is 0 Å². The molecular weight excluding hydrogens is 470 g/mol. The summed E-state index contributed by atoms with van der Waals surface area (Å²) >= 11 is 0. The zero-order valence-corrected chi connectivity index (χ0v) is 24.8. The Labute approximate surface area is 238 Å². The molecule has 0 heterocycles. The zero-order chi connectivity index (χ0) is 27.5. The first-order valence-electron chi connectivity index (χ1n) is 15.4. The van der Waals surface area contributed by atoms with E-state index in [1.54, 1.807) is 5.57 Å². The van der Waals surface area contributed by atoms with Crippen LogP contribution in [0.4, 0.5) is 5.69 Å². The van der Waals surface area contributed by atoms with E-state index in [1.165, 1.54) is 60.2 Å². The second-order valence-electron chi connectivity index (χ2n) is 11.3. The smallest absolute Gasteiger partial charge is 0.0556 e. The summed E-state index contributed by atoms with van der Waals surface area (Å²) < 4.78 is 0. The molecule has 0 N–H and O–H groups in total. The fourth-order valence-electron chi connectivity index (χ4n) is 6.13. The van der Waals surface area contributed by atoms with Gasteiger partial charge in [-0.05, 0) is 99.5 Å². The van der Waals surface area contributed by atoms with Crippen molar-refractivity contribution in [2.75, 3.05) is 4.90 Å². The van der Waals surface area contributed by atoms with Gasteiger partial charge in [-0.1, -0.05) is 117 Å². The van der Waals surface area contributed by atoms with Gasteiger partial charge in [-0.2, -0.15) is 0 Å². The zero-order valence-electron chi connectivity index (χ0n) is 24.8. The minimum Gasteiger partial charge on any atom is -0.338 e. The molecule has 0 saturated heterocycles. The van der Waals surface area contributed by atoms with Crippen LogP contribution in [0.5, 0.6) is 0 Å².